The van der Waals surface area contributed by atoms with Crippen LogP contribution in [0.15, 0.2) is 30.4 Å². The summed E-state index contributed by atoms with van der Waals surface area (Å²) in [5.74, 6) is -2.77. The van der Waals surface area contributed by atoms with Crippen LogP contribution in [0.25, 0.3) is 0 Å². The summed E-state index contributed by atoms with van der Waals surface area (Å²) in [5, 5.41) is 15.0. The van der Waals surface area contributed by atoms with Crippen LogP contribution >= 0.6 is 0 Å². The summed E-state index contributed by atoms with van der Waals surface area (Å²) in [5.41, 5.74) is 1.84. The number of allylic oxidation sites excluding steroid dienone is 2. The zero-order chi connectivity index (χ0) is 18.1. The van der Waals surface area contributed by atoms with E-state index in [1.807, 2.05) is 26.0 Å². The van der Waals surface area contributed by atoms with Crippen molar-refractivity contribution < 1.29 is 19.5 Å². The van der Waals surface area contributed by atoms with Crippen LogP contribution < -0.4 is 10.6 Å². The third-order valence-electron chi connectivity index (χ3n) is 5.14. The average molecular weight is 342 g/mol. The molecule has 2 bridgehead atoms. The SMILES string of the molecule is CCNC(=O)c1ccc(C)c(NC(=O)[C@@H]2[C@H](C(=O)O)[C@H]3C=C[C@H]2C3)c1. The molecule has 0 saturated heterocycles. The van der Waals surface area contributed by atoms with E-state index in [-0.39, 0.29) is 23.7 Å². The summed E-state index contributed by atoms with van der Waals surface area (Å²) < 4.78 is 0. The molecule has 6 heteroatoms. The zero-order valence-electron chi connectivity index (χ0n) is 14.3. The maximum absolute atomic E-state index is 12.8. The highest BCUT2D eigenvalue weighted by molar-refractivity contribution is 5.99. The second-order valence-corrected chi connectivity index (χ2v) is 6.72. The molecule has 0 heterocycles. The van der Waals surface area contributed by atoms with E-state index in [9.17, 15) is 19.5 Å². The average Bonchev–Trinajstić information content (AvgIpc) is 3.18. The highest BCUT2D eigenvalue weighted by Crippen LogP contribution is 2.48. The maximum atomic E-state index is 12.8. The number of hydrogen-bond acceptors (Lipinski definition) is 3. The molecule has 0 unspecified atom stereocenters. The largest absolute Gasteiger partial charge is 0.481 e. The molecule has 3 rings (SSSR count). The second kappa shape index (κ2) is 6.70. The predicted octanol–water partition coefficient (Wildman–Crippen LogP) is 2.21. The van der Waals surface area contributed by atoms with Gasteiger partial charge < -0.3 is 15.7 Å². The van der Waals surface area contributed by atoms with Gasteiger partial charge in [0.1, 0.15) is 0 Å². The second-order valence-electron chi connectivity index (χ2n) is 6.72. The van der Waals surface area contributed by atoms with E-state index in [0.717, 1.165) is 5.56 Å². The number of fused-ring (bicyclic) bond motifs is 2. The number of rotatable bonds is 5. The van der Waals surface area contributed by atoms with Gasteiger partial charge in [0, 0.05) is 17.8 Å². The molecule has 3 N–H and O–H groups in total. The summed E-state index contributed by atoms with van der Waals surface area (Å²) in [6, 6.07) is 5.11. The molecule has 132 valence electrons. The first-order chi connectivity index (χ1) is 11.9. The number of benzene rings is 1. The van der Waals surface area contributed by atoms with Gasteiger partial charge in [0.2, 0.25) is 5.91 Å². The van der Waals surface area contributed by atoms with Crippen molar-refractivity contribution in [3.8, 4) is 0 Å². The van der Waals surface area contributed by atoms with Gasteiger partial charge in [-0.3, -0.25) is 14.4 Å². The summed E-state index contributed by atoms with van der Waals surface area (Å²) in [7, 11) is 0. The monoisotopic (exact) mass is 342 g/mol. The first kappa shape index (κ1) is 17.2. The fourth-order valence-corrected chi connectivity index (χ4v) is 3.89. The van der Waals surface area contributed by atoms with Crippen LogP contribution in [0.3, 0.4) is 0 Å². The molecule has 1 saturated carbocycles. The summed E-state index contributed by atoms with van der Waals surface area (Å²) in [4.78, 5) is 36.3. The van der Waals surface area contributed by atoms with Crippen molar-refractivity contribution in [1.82, 2.24) is 5.32 Å². The molecule has 1 fully saturated rings. The molecule has 0 radical (unpaired) electrons. The van der Waals surface area contributed by atoms with Crippen LogP contribution in [-0.2, 0) is 9.59 Å². The third kappa shape index (κ3) is 3.16. The normalized spacial score (nSPS) is 26.5. The number of carbonyl (C=O) groups is 3. The van der Waals surface area contributed by atoms with E-state index in [2.05, 4.69) is 10.6 Å². The Bertz CT molecular complexity index is 756. The van der Waals surface area contributed by atoms with Crippen molar-refractivity contribution >= 4 is 23.5 Å². The Balaban J connectivity index is 1.81. The number of carbonyl (C=O) groups excluding carboxylic acids is 2. The highest BCUT2D eigenvalue weighted by atomic mass is 16.4. The predicted molar refractivity (Wildman–Crippen MR) is 93.2 cm³/mol. The minimum atomic E-state index is -0.926. The number of nitrogens with one attached hydrogen (secondary N) is 2. The van der Waals surface area contributed by atoms with Gasteiger partial charge in [-0.15, -0.1) is 0 Å². The van der Waals surface area contributed by atoms with Crippen molar-refractivity contribution in [3.05, 3.63) is 41.5 Å². The van der Waals surface area contributed by atoms with Crippen LogP contribution in [0, 0.1) is 30.6 Å². The van der Waals surface area contributed by atoms with Crippen molar-refractivity contribution in [1.29, 1.82) is 0 Å². The number of carboxylic acid groups (broad SMARTS) is 1. The Kier molecular flexibility index (Phi) is 4.61. The van der Waals surface area contributed by atoms with Crippen LogP contribution in [0.4, 0.5) is 5.69 Å². The number of anilines is 1. The molecule has 2 amide bonds. The Morgan fingerprint density at radius 3 is 2.48 bits per heavy atom. The molecule has 6 nitrogen and oxygen atoms in total. The van der Waals surface area contributed by atoms with E-state index in [0.29, 0.717) is 24.2 Å². The van der Waals surface area contributed by atoms with Crippen molar-refractivity contribution in [2.24, 2.45) is 23.7 Å². The minimum Gasteiger partial charge on any atom is -0.481 e. The van der Waals surface area contributed by atoms with Gasteiger partial charge in [-0.25, -0.2) is 0 Å². The smallest absolute Gasteiger partial charge is 0.307 e. The number of aryl methyl sites for hydroxylation is 1. The first-order valence-corrected chi connectivity index (χ1v) is 8.53. The zero-order valence-corrected chi connectivity index (χ0v) is 14.3. The quantitative estimate of drug-likeness (QED) is 0.715. The van der Waals surface area contributed by atoms with Crippen LogP contribution in [0.1, 0.15) is 29.3 Å². The third-order valence-corrected chi connectivity index (χ3v) is 5.14. The van der Waals surface area contributed by atoms with E-state index in [4.69, 9.17) is 0 Å². The molecular formula is C19H22N2O4. The molecular weight excluding hydrogens is 320 g/mol. The van der Waals surface area contributed by atoms with Gasteiger partial charge in [0.25, 0.3) is 5.91 Å². The molecule has 2 aliphatic carbocycles. The molecule has 1 aromatic rings. The number of aliphatic carboxylic acids is 1. The summed E-state index contributed by atoms with van der Waals surface area (Å²) >= 11 is 0. The number of hydrogen-bond donors (Lipinski definition) is 3. The van der Waals surface area contributed by atoms with Crippen molar-refractivity contribution in [2.75, 3.05) is 11.9 Å². The fraction of sp³-hybridized carbons (Fsp3) is 0.421. The molecule has 0 aromatic heterocycles. The summed E-state index contributed by atoms with van der Waals surface area (Å²) in [6.07, 6.45) is 4.58. The maximum Gasteiger partial charge on any atom is 0.307 e. The van der Waals surface area contributed by atoms with Gasteiger partial charge in [0.05, 0.1) is 11.8 Å². The Morgan fingerprint density at radius 1 is 1.16 bits per heavy atom. The molecule has 2 aliphatic rings. The number of amides is 2. The van der Waals surface area contributed by atoms with Crippen molar-refractivity contribution in [3.63, 3.8) is 0 Å². The van der Waals surface area contributed by atoms with E-state index >= 15 is 0 Å². The lowest BCUT2D eigenvalue weighted by atomic mass is 9.82. The minimum absolute atomic E-state index is 0.0296. The molecule has 4 atom stereocenters. The van der Waals surface area contributed by atoms with Gasteiger partial charge >= 0.3 is 5.97 Å². The van der Waals surface area contributed by atoms with Gasteiger partial charge in [0.15, 0.2) is 0 Å². The standard InChI is InChI=1S/C19H22N2O4/c1-3-20-17(22)13-5-4-10(2)14(9-13)21-18(23)15-11-6-7-12(8-11)16(15)19(24)25/h4-7,9,11-12,15-16H,3,8H2,1-2H3,(H,20,22)(H,21,23)(H,24,25)/t11-,12-,15-,16+/m0/s1. The van der Waals surface area contributed by atoms with Gasteiger partial charge in [-0.05, 0) is 49.8 Å². The van der Waals surface area contributed by atoms with E-state index < -0.39 is 17.8 Å². The molecule has 25 heavy (non-hydrogen) atoms. The Morgan fingerprint density at radius 2 is 1.84 bits per heavy atom. The topological polar surface area (TPSA) is 95.5 Å². The molecule has 1 aromatic carbocycles. The fourth-order valence-electron chi connectivity index (χ4n) is 3.89. The van der Waals surface area contributed by atoms with Crippen LogP contribution in [0.5, 0.6) is 0 Å². The van der Waals surface area contributed by atoms with Gasteiger partial charge in [-0.1, -0.05) is 18.2 Å². The van der Waals surface area contributed by atoms with Gasteiger partial charge in [-0.2, -0.15) is 0 Å². The molecule has 0 aliphatic heterocycles. The van der Waals surface area contributed by atoms with E-state index in [1.165, 1.54) is 0 Å². The summed E-state index contributed by atoms with van der Waals surface area (Å²) in [6.45, 7) is 4.20. The lowest BCUT2D eigenvalue weighted by Crippen LogP contribution is -2.36. The Labute approximate surface area is 146 Å². The lowest BCUT2D eigenvalue weighted by molar-refractivity contribution is -0.146. The first-order valence-electron chi connectivity index (χ1n) is 8.53. The molecule has 0 spiro atoms. The Hall–Kier alpha value is -2.63. The van der Waals surface area contributed by atoms with Crippen molar-refractivity contribution in [2.45, 2.75) is 20.3 Å². The highest BCUT2D eigenvalue weighted by Gasteiger charge is 2.51. The van der Waals surface area contributed by atoms with E-state index in [1.54, 1.807) is 18.2 Å². The number of carboxylic acids is 1. The van der Waals surface area contributed by atoms with Crippen LogP contribution in [0.2, 0.25) is 0 Å². The van der Waals surface area contributed by atoms with Crippen LogP contribution in [-0.4, -0.2) is 29.4 Å². The lowest BCUT2D eigenvalue weighted by Gasteiger charge is -2.24.